The number of guanidine groups is 1. The van der Waals surface area contributed by atoms with E-state index < -0.39 is 0 Å². The lowest BCUT2D eigenvalue weighted by atomic mass is 10.3. The van der Waals surface area contributed by atoms with Crippen molar-refractivity contribution in [3.63, 3.8) is 0 Å². The van der Waals surface area contributed by atoms with Gasteiger partial charge in [-0.25, -0.2) is 0 Å². The molecule has 0 saturated heterocycles. The number of aliphatic imine (C=N–C) groups is 1. The van der Waals surface area contributed by atoms with Crippen LogP contribution in [0.3, 0.4) is 0 Å². The van der Waals surface area contributed by atoms with Crippen LogP contribution >= 0.6 is 0 Å². The van der Waals surface area contributed by atoms with Crippen LogP contribution in [0.15, 0.2) is 41.9 Å². The van der Waals surface area contributed by atoms with Gasteiger partial charge in [-0.3, -0.25) is 4.99 Å². The van der Waals surface area contributed by atoms with Gasteiger partial charge in [0.1, 0.15) is 11.5 Å². The molecule has 5 heteroatoms. The smallest absolute Gasteiger partial charge is 0.191 e. The van der Waals surface area contributed by atoms with Crippen molar-refractivity contribution in [1.29, 1.82) is 0 Å². The normalized spacial score (nSPS) is 10.9. The molecule has 0 amide bonds. The first-order valence-corrected chi connectivity index (χ1v) is 7.20. The van der Waals surface area contributed by atoms with Crippen LogP contribution in [0.25, 0.3) is 0 Å². The zero-order valence-electron chi connectivity index (χ0n) is 12.9. The number of nitrogens with zero attached hydrogens (tertiary/aromatic N) is 1. The zero-order valence-corrected chi connectivity index (χ0v) is 12.9. The molecule has 0 aliphatic heterocycles. The average Bonchev–Trinajstić information content (AvgIpc) is 2.52. The van der Waals surface area contributed by atoms with Crippen molar-refractivity contribution in [3.05, 3.63) is 36.9 Å². The van der Waals surface area contributed by atoms with Crippen molar-refractivity contribution in [2.75, 3.05) is 33.4 Å². The van der Waals surface area contributed by atoms with Gasteiger partial charge in [0.15, 0.2) is 5.96 Å². The Morgan fingerprint density at radius 3 is 2.57 bits per heavy atom. The molecule has 0 aromatic heterocycles. The molecule has 0 unspecified atom stereocenters. The summed E-state index contributed by atoms with van der Waals surface area (Å²) in [5.74, 6) is 2.48. The summed E-state index contributed by atoms with van der Waals surface area (Å²) in [4.78, 5) is 4.46. The third-order valence-electron chi connectivity index (χ3n) is 2.66. The number of benzene rings is 1. The average molecular weight is 291 g/mol. The number of rotatable bonds is 9. The van der Waals surface area contributed by atoms with Crippen molar-refractivity contribution in [3.8, 4) is 11.5 Å². The summed E-state index contributed by atoms with van der Waals surface area (Å²) in [5.41, 5.74) is 0. The Kier molecular flexibility index (Phi) is 8.52. The molecule has 0 aliphatic carbocycles. The lowest BCUT2D eigenvalue weighted by Gasteiger charge is -2.09. The Hall–Kier alpha value is -2.17. The Morgan fingerprint density at radius 2 is 1.95 bits per heavy atom. The van der Waals surface area contributed by atoms with Crippen LogP contribution in [0.2, 0.25) is 0 Å². The molecule has 0 bridgehead atoms. The molecule has 0 spiro atoms. The monoisotopic (exact) mass is 291 g/mol. The molecule has 0 saturated carbocycles. The van der Waals surface area contributed by atoms with Crippen LogP contribution in [0.4, 0.5) is 0 Å². The minimum absolute atomic E-state index is 0.636. The van der Waals surface area contributed by atoms with Crippen LogP contribution in [0.1, 0.15) is 13.3 Å². The van der Waals surface area contributed by atoms with Crippen LogP contribution in [0, 0.1) is 0 Å². The van der Waals surface area contributed by atoms with Crippen LogP contribution in [-0.2, 0) is 0 Å². The van der Waals surface area contributed by atoms with Crippen LogP contribution in [-0.4, -0.2) is 39.3 Å². The van der Waals surface area contributed by atoms with Gasteiger partial charge in [0.25, 0.3) is 0 Å². The summed E-state index contributed by atoms with van der Waals surface area (Å²) in [5, 5.41) is 6.33. The minimum Gasteiger partial charge on any atom is -0.497 e. The second-order valence-corrected chi connectivity index (χ2v) is 4.31. The first kappa shape index (κ1) is 16.9. The molecule has 1 aromatic carbocycles. The molecule has 0 fully saturated rings. The molecular weight excluding hydrogens is 266 g/mol. The highest BCUT2D eigenvalue weighted by molar-refractivity contribution is 5.79. The maximum Gasteiger partial charge on any atom is 0.191 e. The molecule has 0 radical (unpaired) electrons. The van der Waals surface area contributed by atoms with Crippen LogP contribution < -0.4 is 20.1 Å². The Labute approximate surface area is 127 Å². The predicted molar refractivity (Wildman–Crippen MR) is 87.3 cm³/mol. The van der Waals surface area contributed by atoms with E-state index in [0.717, 1.165) is 30.4 Å². The molecule has 0 aliphatic rings. The van der Waals surface area contributed by atoms with E-state index in [9.17, 15) is 0 Å². The zero-order chi connectivity index (χ0) is 15.3. The molecule has 2 N–H and O–H groups in total. The van der Waals surface area contributed by atoms with Crippen molar-refractivity contribution in [2.45, 2.75) is 13.3 Å². The lowest BCUT2D eigenvalue weighted by molar-refractivity contribution is 0.312. The summed E-state index contributed by atoms with van der Waals surface area (Å²) < 4.78 is 10.7. The SMILES string of the molecule is C=CCNC(=NCCCOc1ccc(OC)cc1)NCC. The summed E-state index contributed by atoms with van der Waals surface area (Å²) in [6, 6.07) is 7.57. The van der Waals surface area contributed by atoms with E-state index >= 15 is 0 Å². The van der Waals surface area contributed by atoms with Gasteiger partial charge < -0.3 is 20.1 Å². The summed E-state index contributed by atoms with van der Waals surface area (Å²) in [7, 11) is 1.65. The van der Waals surface area contributed by atoms with E-state index in [1.165, 1.54) is 0 Å². The second kappa shape index (κ2) is 10.6. The van der Waals surface area contributed by atoms with E-state index in [-0.39, 0.29) is 0 Å². The van der Waals surface area contributed by atoms with E-state index in [2.05, 4.69) is 22.2 Å². The summed E-state index contributed by atoms with van der Waals surface area (Å²) in [6.45, 7) is 8.60. The van der Waals surface area contributed by atoms with E-state index in [1.807, 2.05) is 31.2 Å². The molecule has 0 heterocycles. The second-order valence-electron chi connectivity index (χ2n) is 4.31. The van der Waals surface area contributed by atoms with E-state index in [1.54, 1.807) is 13.2 Å². The largest absolute Gasteiger partial charge is 0.497 e. The highest BCUT2D eigenvalue weighted by atomic mass is 16.5. The van der Waals surface area contributed by atoms with Gasteiger partial charge in [-0.15, -0.1) is 6.58 Å². The van der Waals surface area contributed by atoms with Gasteiger partial charge >= 0.3 is 0 Å². The van der Waals surface area contributed by atoms with E-state index in [4.69, 9.17) is 9.47 Å². The molecule has 1 rings (SSSR count). The molecular formula is C16H25N3O2. The molecule has 21 heavy (non-hydrogen) atoms. The maximum atomic E-state index is 5.65. The van der Waals surface area contributed by atoms with Gasteiger partial charge in [-0.05, 0) is 31.2 Å². The van der Waals surface area contributed by atoms with Gasteiger partial charge in [-0.1, -0.05) is 6.08 Å². The van der Waals surface area contributed by atoms with Crippen molar-refractivity contribution in [2.24, 2.45) is 4.99 Å². The standard InChI is InChI=1S/C16H25N3O2/c1-4-11-18-16(17-5-2)19-12-6-13-21-15-9-7-14(20-3)8-10-15/h4,7-10H,1,5-6,11-13H2,2-3H3,(H2,17,18,19). The third kappa shape index (κ3) is 7.25. The topological polar surface area (TPSA) is 54.9 Å². The number of nitrogens with one attached hydrogen (secondary N) is 2. The number of methoxy groups -OCH3 is 1. The van der Waals surface area contributed by atoms with Gasteiger partial charge in [0.2, 0.25) is 0 Å². The Balaban J connectivity index is 2.26. The minimum atomic E-state index is 0.636. The van der Waals surface area contributed by atoms with Crippen molar-refractivity contribution >= 4 is 5.96 Å². The molecule has 0 atom stereocenters. The predicted octanol–water partition coefficient (Wildman–Crippen LogP) is 2.21. The molecule has 116 valence electrons. The number of hydrogen-bond donors (Lipinski definition) is 2. The van der Waals surface area contributed by atoms with Gasteiger partial charge in [-0.2, -0.15) is 0 Å². The van der Waals surface area contributed by atoms with Crippen molar-refractivity contribution < 1.29 is 9.47 Å². The van der Waals surface area contributed by atoms with Crippen LogP contribution in [0.5, 0.6) is 11.5 Å². The fraction of sp³-hybridized carbons (Fsp3) is 0.438. The molecule has 5 nitrogen and oxygen atoms in total. The summed E-state index contributed by atoms with van der Waals surface area (Å²) in [6.07, 6.45) is 2.66. The molecule has 1 aromatic rings. The Bertz CT molecular complexity index is 430. The fourth-order valence-electron chi connectivity index (χ4n) is 1.63. The third-order valence-corrected chi connectivity index (χ3v) is 2.66. The first-order chi connectivity index (χ1) is 10.3. The lowest BCUT2D eigenvalue weighted by Crippen LogP contribution is -2.37. The van der Waals surface area contributed by atoms with Crippen molar-refractivity contribution in [1.82, 2.24) is 10.6 Å². The highest BCUT2D eigenvalue weighted by Crippen LogP contribution is 2.16. The van der Waals surface area contributed by atoms with E-state index in [0.29, 0.717) is 19.7 Å². The fourth-order valence-corrected chi connectivity index (χ4v) is 1.63. The quantitative estimate of drug-likeness (QED) is 0.317. The first-order valence-electron chi connectivity index (χ1n) is 7.20. The highest BCUT2D eigenvalue weighted by Gasteiger charge is 1.96. The number of hydrogen-bond acceptors (Lipinski definition) is 3. The Morgan fingerprint density at radius 1 is 1.24 bits per heavy atom. The van der Waals surface area contributed by atoms with Gasteiger partial charge in [0, 0.05) is 26.1 Å². The summed E-state index contributed by atoms with van der Waals surface area (Å²) >= 11 is 0. The van der Waals surface area contributed by atoms with Gasteiger partial charge in [0.05, 0.1) is 13.7 Å². The number of ether oxygens (including phenoxy) is 2. The maximum absolute atomic E-state index is 5.65.